The molecular weight excluding hydrogens is 320 g/mol. The number of rotatable bonds is 10. The van der Waals surface area contributed by atoms with E-state index in [0.29, 0.717) is 19.6 Å². The van der Waals surface area contributed by atoms with E-state index in [1.54, 1.807) is 7.11 Å². The van der Waals surface area contributed by atoms with Gasteiger partial charge in [-0.3, -0.25) is 4.79 Å². The van der Waals surface area contributed by atoms with Crippen molar-refractivity contribution >= 4 is 5.91 Å². The summed E-state index contributed by atoms with van der Waals surface area (Å²) in [6, 6.07) is 7.46. The molecule has 0 spiro atoms. The molecule has 0 aromatic heterocycles. The second kappa shape index (κ2) is 10.9. The van der Waals surface area contributed by atoms with E-state index < -0.39 is 0 Å². The Labute approximate surface area is 150 Å². The van der Waals surface area contributed by atoms with Crippen molar-refractivity contribution in [1.82, 2.24) is 4.90 Å². The second-order valence-electron chi connectivity index (χ2n) is 6.22. The minimum absolute atomic E-state index is 0.207. The third-order valence-corrected chi connectivity index (χ3v) is 4.36. The molecule has 0 radical (unpaired) electrons. The third-order valence-electron chi connectivity index (χ3n) is 4.36. The van der Waals surface area contributed by atoms with Gasteiger partial charge in [0.25, 0.3) is 0 Å². The van der Waals surface area contributed by atoms with Crippen molar-refractivity contribution < 1.29 is 19.0 Å². The number of ether oxygens (including phenoxy) is 3. The fourth-order valence-electron chi connectivity index (χ4n) is 2.85. The van der Waals surface area contributed by atoms with Crippen molar-refractivity contribution in [2.75, 3.05) is 40.0 Å². The van der Waals surface area contributed by atoms with Crippen molar-refractivity contribution in [2.45, 2.75) is 38.2 Å². The summed E-state index contributed by atoms with van der Waals surface area (Å²) in [5.41, 5.74) is 5.47. The summed E-state index contributed by atoms with van der Waals surface area (Å²) >= 11 is 0. The quantitative estimate of drug-likeness (QED) is 0.655. The molecule has 2 N–H and O–H groups in total. The zero-order chi connectivity index (χ0) is 17.9. The number of methoxy groups -OCH3 is 1. The predicted molar refractivity (Wildman–Crippen MR) is 96.9 cm³/mol. The lowest BCUT2D eigenvalue weighted by molar-refractivity contribution is -0.134. The van der Waals surface area contributed by atoms with E-state index in [4.69, 9.17) is 19.9 Å². The minimum Gasteiger partial charge on any atom is -0.497 e. The largest absolute Gasteiger partial charge is 0.497 e. The highest BCUT2D eigenvalue weighted by Gasteiger charge is 2.22. The molecule has 0 unspecified atom stereocenters. The number of carbonyl (C=O) groups is 1. The van der Waals surface area contributed by atoms with Crippen molar-refractivity contribution in [3.8, 4) is 11.5 Å². The molecule has 0 aliphatic carbocycles. The number of piperidine rings is 1. The van der Waals surface area contributed by atoms with Gasteiger partial charge in [-0.15, -0.1) is 0 Å². The van der Waals surface area contributed by atoms with Crippen molar-refractivity contribution in [2.24, 2.45) is 5.73 Å². The number of benzene rings is 1. The number of hydrogen-bond acceptors (Lipinski definition) is 5. The zero-order valence-electron chi connectivity index (χ0n) is 15.1. The summed E-state index contributed by atoms with van der Waals surface area (Å²) in [6.45, 7) is 3.49. The Morgan fingerprint density at radius 3 is 2.44 bits per heavy atom. The molecule has 140 valence electrons. The van der Waals surface area contributed by atoms with Crippen LogP contribution in [0, 0.1) is 0 Å². The van der Waals surface area contributed by atoms with E-state index in [9.17, 15) is 4.79 Å². The van der Waals surface area contributed by atoms with Crippen molar-refractivity contribution in [3.63, 3.8) is 0 Å². The molecule has 6 nitrogen and oxygen atoms in total. The Hall–Kier alpha value is -1.79. The van der Waals surface area contributed by atoms with Crippen LogP contribution in [0.3, 0.4) is 0 Å². The SMILES string of the molecule is COc1ccc(OCCCC(=O)N2CCC(OCCCN)CC2)cc1. The Morgan fingerprint density at radius 2 is 1.80 bits per heavy atom. The van der Waals surface area contributed by atoms with Gasteiger partial charge in [0.05, 0.1) is 19.8 Å². The number of nitrogens with two attached hydrogens (primary N) is 1. The first-order chi connectivity index (χ1) is 12.2. The molecule has 1 aliphatic rings. The summed E-state index contributed by atoms with van der Waals surface area (Å²) in [7, 11) is 1.64. The van der Waals surface area contributed by atoms with Crippen LogP contribution in [0.5, 0.6) is 11.5 Å². The van der Waals surface area contributed by atoms with E-state index in [-0.39, 0.29) is 12.0 Å². The topological polar surface area (TPSA) is 74.0 Å². The van der Waals surface area contributed by atoms with E-state index in [1.165, 1.54) is 0 Å². The first-order valence-electron chi connectivity index (χ1n) is 9.09. The summed E-state index contributed by atoms with van der Waals surface area (Å²) in [6.07, 6.45) is 4.24. The highest BCUT2D eigenvalue weighted by atomic mass is 16.5. The molecule has 25 heavy (non-hydrogen) atoms. The number of carbonyl (C=O) groups excluding carboxylic acids is 1. The molecular formula is C19H30N2O4. The van der Waals surface area contributed by atoms with Gasteiger partial charge in [0.15, 0.2) is 0 Å². The lowest BCUT2D eigenvalue weighted by Gasteiger charge is -2.32. The van der Waals surface area contributed by atoms with Gasteiger partial charge in [-0.2, -0.15) is 0 Å². The van der Waals surface area contributed by atoms with Gasteiger partial charge < -0.3 is 24.8 Å². The van der Waals surface area contributed by atoms with Gasteiger partial charge in [0, 0.05) is 26.1 Å². The van der Waals surface area contributed by atoms with Gasteiger partial charge in [-0.05, 0) is 56.5 Å². The third kappa shape index (κ3) is 6.92. The fraction of sp³-hybridized carbons (Fsp3) is 0.632. The van der Waals surface area contributed by atoms with Crippen LogP contribution >= 0.6 is 0 Å². The van der Waals surface area contributed by atoms with Crippen LogP contribution in [0.1, 0.15) is 32.1 Å². The van der Waals surface area contributed by atoms with Crippen molar-refractivity contribution in [3.05, 3.63) is 24.3 Å². The molecule has 1 aliphatic heterocycles. The first kappa shape index (κ1) is 19.5. The Kier molecular flexibility index (Phi) is 8.55. The van der Waals surface area contributed by atoms with Crippen LogP contribution in [0.2, 0.25) is 0 Å². The van der Waals surface area contributed by atoms with Crippen LogP contribution in [0.15, 0.2) is 24.3 Å². The average molecular weight is 350 g/mol. The normalized spacial score (nSPS) is 15.2. The summed E-state index contributed by atoms with van der Waals surface area (Å²) in [5.74, 6) is 1.81. The highest BCUT2D eigenvalue weighted by Crippen LogP contribution is 2.18. The summed E-state index contributed by atoms with van der Waals surface area (Å²) in [4.78, 5) is 14.2. The van der Waals surface area contributed by atoms with Crippen LogP contribution in [0.25, 0.3) is 0 Å². The maximum atomic E-state index is 12.3. The molecule has 1 saturated heterocycles. The maximum absolute atomic E-state index is 12.3. The van der Waals surface area contributed by atoms with Gasteiger partial charge in [-0.1, -0.05) is 0 Å². The molecule has 1 fully saturated rings. The summed E-state index contributed by atoms with van der Waals surface area (Å²) in [5, 5.41) is 0. The van der Waals surface area contributed by atoms with E-state index in [1.807, 2.05) is 29.2 Å². The standard InChI is InChI=1S/C19H30N2O4/c1-23-16-5-7-17(8-6-16)24-14-2-4-19(22)21-12-9-18(10-13-21)25-15-3-11-20/h5-8,18H,2-4,9-15,20H2,1H3. The highest BCUT2D eigenvalue weighted by molar-refractivity contribution is 5.76. The van der Waals surface area contributed by atoms with Crippen LogP contribution in [-0.4, -0.2) is 56.9 Å². The fourth-order valence-corrected chi connectivity index (χ4v) is 2.85. The Balaban J connectivity index is 1.57. The number of hydrogen-bond donors (Lipinski definition) is 1. The van der Waals surface area contributed by atoms with Crippen LogP contribution in [-0.2, 0) is 9.53 Å². The molecule has 1 aromatic rings. The molecule has 1 aromatic carbocycles. The van der Waals surface area contributed by atoms with E-state index in [0.717, 1.165) is 56.9 Å². The summed E-state index contributed by atoms with van der Waals surface area (Å²) < 4.78 is 16.5. The van der Waals surface area contributed by atoms with E-state index in [2.05, 4.69) is 0 Å². The second-order valence-corrected chi connectivity index (χ2v) is 6.22. The zero-order valence-corrected chi connectivity index (χ0v) is 15.1. The molecule has 0 bridgehead atoms. The molecule has 1 amide bonds. The Bertz CT molecular complexity index is 499. The number of likely N-dealkylation sites (tertiary alicyclic amines) is 1. The Morgan fingerprint density at radius 1 is 1.12 bits per heavy atom. The van der Waals surface area contributed by atoms with Crippen LogP contribution < -0.4 is 15.2 Å². The number of amides is 1. The number of nitrogens with zero attached hydrogens (tertiary/aromatic N) is 1. The van der Waals surface area contributed by atoms with E-state index >= 15 is 0 Å². The first-order valence-corrected chi connectivity index (χ1v) is 9.09. The lowest BCUT2D eigenvalue weighted by atomic mass is 10.1. The minimum atomic E-state index is 0.207. The molecule has 1 heterocycles. The lowest BCUT2D eigenvalue weighted by Crippen LogP contribution is -2.41. The van der Waals surface area contributed by atoms with Crippen LogP contribution in [0.4, 0.5) is 0 Å². The monoisotopic (exact) mass is 350 g/mol. The maximum Gasteiger partial charge on any atom is 0.222 e. The van der Waals surface area contributed by atoms with Gasteiger partial charge in [0.1, 0.15) is 11.5 Å². The molecule has 2 rings (SSSR count). The molecule has 6 heteroatoms. The van der Waals surface area contributed by atoms with Gasteiger partial charge in [0.2, 0.25) is 5.91 Å². The average Bonchev–Trinajstić information content (AvgIpc) is 2.66. The molecule has 0 saturated carbocycles. The van der Waals surface area contributed by atoms with Crippen molar-refractivity contribution in [1.29, 1.82) is 0 Å². The van der Waals surface area contributed by atoms with Gasteiger partial charge >= 0.3 is 0 Å². The predicted octanol–water partition coefficient (Wildman–Crippen LogP) is 2.21. The van der Waals surface area contributed by atoms with Gasteiger partial charge in [-0.25, -0.2) is 0 Å². The molecule has 0 atom stereocenters. The smallest absolute Gasteiger partial charge is 0.222 e.